The summed E-state index contributed by atoms with van der Waals surface area (Å²) >= 11 is 0. The van der Waals surface area contributed by atoms with Crippen LogP contribution < -0.4 is 14.4 Å². The van der Waals surface area contributed by atoms with Crippen molar-refractivity contribution >= 4 is 27.5 Å². The van der Waals surface area contributed by atoms with Crippen molar-refractivity contribution in [1.29, 1.82) is 0 Å². The van der Waals surface area contributed by atoms with Crippen molar-refractivity contribution in [2.45, 2.75) is 59.4 Å². The molecule has 2 rings (SSSR count). The normalized spacial score (nSPS) is 12.2. The van der Waals surface area contributed by atoms with Crippen LogP contribution in [0.1, 0.15) is 52.5 Å². The number of carbonyl (C=O) groups excluding carboxylic acids is 2. The highest BCUT2D eigenvalue weighted by Crippen LogP contribution is 2.30. The molecule has 0 unspecified atom stereocenters. The summed E-state index contributed by atoms with van der Waals surface area (Å²) in [6.45, 7) is 9.26. The first kappa shape index (κ1) is 31.1. The van der Waals surface area contributed by atoms with Crippen molar-refractivity contribution in [3.05, 3.63) is 60.2 Å². The third-order valence-electron chi connectivity index (χ3n) is 6.14. The number of carbonyl (C=O) groups is 2. The van der Waals surface area contributed by atoms with Gasteiger partial charge in [0.1, 0.15) is 11.8 Å². The molecule has 0 aromatic heterocycles. The lowest BCUT2D eigenvalue weighted by molar-refractivity contribution is -0.140. The molecule has 0 aliphatic carbocycles. The van der Waals surface area contributed by atoms with E-state index in [9.17, 15) is 18.0 Å². The molecule has 0 radical (unpaired) electrons. The van der Waals surface area contributed by atoms with Gasteiger partial charge in [0.2, 0.25) is 21.8 Å². The van der Waals surface area contributed by atoms with E-state index in [-0.39, 0.29) is 24.8 Å². The smallest absolute Gasteiger partial charge is 0.242 e. The number of para-hydroxylation sites is 2. The molecule has 0 saturated heterocycles. The molecule has 1 atom stereocenters. The minimum absolute atomic E-state index is 0.117. The summed E-state index contributed by atoms with van der Waals surface area (Å²) in [5.41, 5.74) is 1.53. The van der Waals surface area contributed by atoms with Crippen molar-refractivity contribution in [3.63, 3.8) is 0 Å². The van der Waals surface area contributed by atoms with E-state index < -0.39 is 16.1 Å². The second-order valence-corrected chi connectivity index (χ2v) is 11.6. The lowest BCUT2D eigenvalue weighted by Gasteiger charge is -2.31. The molecule has 0 saturated carbocycles. The number of hydrogen-bond acceptors (Lipinski definition) is 5. The lowest BCUT2D eigenvalue weighted by atomic mass is 10.1. The molecule has 0 fully saturated rings. The van der Waals surface area contributed by atoms with Gasteiger partial charge in [-0.05, 0) is 49.8 Å². The highest BCUT2D eigenvalue weighted by atomic mass is 32.2. The Balaban J connectivity index is 2.19. The fourth-order valence-corrected chi connectivity index (χ4v) is 5.21. The van der Waals surface area contributed by atoms with Gasteiger partial charge < -0.3 is 15.0 Å². The number of amides is 2. The number of benzene rings is 2. The molecule has 210 valence electrons. The molecule has 0 bridgehead atoms. The van der Waals surface area contributed by atoms with Gasteiger partial charge in [-0.3, -0.25) is 13.9 Å². The molecule has 2 amide bonds. The fraction of sp³-hybridized carbons (Fsp3) is 0.517. The Hall–Kier alpha value is -3.07. The Kier molecular flexibility index (Phi) is 12.6. The van der Waals surface area contributed by atoms with Crippen LogP contribution in [-0.4, -0.2) is 63.7 Å². The molecule has 2 aromatic rings. The van der Waals surface area contributed by atoms with Gasteiger partial charge in [-0.25, -0.2) is 8.42 Å². The van der Waals surface area contributed by atoms with Crippen LogP contribution in [0.3, 0.4) is 0 Å². The average molecular weight is 546 g/mol. The van der Waals surface area contributed by atoms with E-state index in [4.69, 9.17) is 4.74 Å². The van der Waals surface area contributed by atoms with E-state index in [1.165, 1.54) is 4.31 Å². The third-order valence-corrected chi connectivity index (χ3v) is 7.32. The Morgan fingerprint density at radius 2 is 1.63 bits per heavy atom. The molecular formula is C29H43N3O5S. The molecule has 0 aliphatic heterocycles. The largest absolute Gasteiger partial charge is 0.492 e. The van der Waals surface area contributed by atoms with E-state index in [1.807, 2.05) is 58.0 Å². The van der Waals surface area contributed by atoms with Gasteiger partial charge in [-0.15, -0.1) is 0 Å². The van der Waals surface area contributed by atoms with Crippen LogP contribution in [0.25, 0.3) is 0 Å². The molecule has 1 N–H and O–H groups in total. The molecule has 2 aromatic carbocycles. The number of sulfonamides is 1. The number of hydrogen-bond donors (Lipinski definition) is 1. The fourth-order valence-electron chi connectivity index (χ4n) is 4.24. The zero-order valence-electron chi connectivity index (χ0n) is 23.4. The van der Waals surface area contributed by atoms with Gasteiger partial charge in [0.05, 0.1) is 18.6 Å². The Morgan fingerprint density at radius 3 is 2.24 bits per heavy atom. The Bertz CT molecular complexity index is 1120. The second-order valence-electron chi connectivity index (χ2n) is 9.73. The zero-order chi connectivity index (χ0) is 28.1. The number of rotatable bonds is 16. The van der Waals surface area contributed by atoms with Gasteiger partial charge in [0.15, 0.2) is 0 Å². The van der Waals surface area contributed by atoms with Crippen molar-refractivity contribution in [2.75, 3.05) is 36.8 Å². The highest BCUT2D eigenvalue weighted by molar-refractivity contribution is 7.92. The van der Waals surface area contributed by atoms with Gasteiger partial charge >= 0.3 is 0 Å². The van der Waals surface area contributed by atoms with Crippen LogP contribution in [0.2, 0.25) is 0 Å². The van der Waals surface area contributed by atoms with E-state index in [2.05, 4.69) is 5.32 Å². The van der Waals surface area contributed by atoms with E-state index in [1.54, 1.807) is 29.2 Å². The Labute approximate surface area is 228 Å². The van der Waals surface area contributed by atoms with E-state index in [0.717, 1.165) is 11.8 Å². The standard InChI is InChI=1S/C29H43N3O5S/c1-6-25(29(34)30-22-23(3)4)31(21-19-24-14-9-8-10-15-24)28(33)18-13-20-32(38(5,35)36)26-16-11-12-17-27(26)37-7-2/h8-12,14-17,23,25H,6-7,13,18-22H2,1-5H3,(H,30,34)/t25-/m0/s1. The summed E-state index contributed by atoms with van der Waals surface area (Å²) in [7, 11) is -3.61. The number of anilines is 1. The van der Waals surface area contributed by atoms with Crippen molar-refractivity contribution < 1.29 is 22.7 Å². The Morgan fingerprint density at radius 1 is 0.974 bits per heavy atom. The summed E-state index contributed by atoms with van der Waals surface area (Å²) in [4.78, 5) is 28.2. The van der Waals surface area contributed by atoms with Gasteiger partial charge in [-0.2, -0.15) is 0 Å². The summed E-state index contributed by atoms with van der Waals surface area (Å²) < 4.78 is 32.2. The lowest BCUT2D eigenvalue weighted by Crippen LogP contribution is -2.50. The van der Waals surface area contributed by atoms with Crippen LogP contribution in [0.15, 0.2) is 54.6 Å². The molecule has 0 spiro atoms. The van der Waals surface area contributed by atoms with Crippen molar-refractivity contribution in [3.8, 4) is 5.75 Å². The molecule has 9 heteroatoms. The number of ether oxygens (including phenoxy) is 1. The molecule has 0 heterocycles. The minimum Gasteiger partial charge on any atom is -0.492 e. The first-order valence-corrected chi connectivity index (χ1v) is 15.2. The number of nitrogens with one attached hydrogen (secondary N) is 1. The maximum Gasteiger partial charge on any atom is 0.242 e. The molecular weight excluding hydrogens is 502 g/mol. The SMILES string of the molecule is CCOc1ccccc1N(CCCC(=O)N(CCc1ccccc1)[C@@H](CC)C(=O)NCC(C)C)S(C)(=O)=O. The average Bonchev–Trinajstić information content (AvgIpc) is 2.88. The minimum atomic E-state index is -3.61. The van der Waals surface area contributed by atoms with Crippen LogP contribution >= 0.6 is 0 Å². The van der Waals surface area contributed by atoms with Crippen LogP contribution in [-0.2, 0) is 26.0 Å². The monoisotopic (exact) mass is 545 g/mol. The van der Waals surface area contributed by atoms with Gasteiger partial charge in [0.25, 0.3) is 0 Å². The molecule has 0 aliphatic rings. The first-order valence-electron chi connectivity index (χ1n) is 13.4. The molecule has 38 heavy (non-hydrogen) atoms. The number of nitrogens with zero attached hydrogens (tertiary/aromatic N) is 2. The van der Waals surface area contributed by atoms with E-state index in [0.29, 0.717) is 56.3 Å². The van der Waals surface area contributed by atoms with Crippen LogP contribution in [0.5, 0.6) is 5.75 Å². The van der Waals surface area contributed by atoms with Gasteiger partial charge in [0, 0.05) is 26.1 Å². The predicted octanol–water partition coefficient (Wildman–Crippen LogP) is 4.25. The van der Waals surface area contributed by atoms with Crippen LogP contribution in [0, 0.1) is 5.92 Å². The first-order chi connectivity index (χ1) is 18.1. The maximum absolute atomic E-state index is 13.5. The highest BCUT2D eigenvalue weighted by Gasteiger charge is 2.29. The quantitative estimate of drug-likeness (QED) is 0.340. The maximum atomic E-state index is 13.5. The van der Waals surface area contributed by atoms with Gasteiger partial charge in [-0.1, -0.05) is 63.2 Å². The summed E-state index contributed by atoms with van der Waals surface area (Å²) in [6, 6.07) is 16.2. The van der Waals surface area contributed by atoms with Crippen molar-refractivity contribution in [2.24, 2.45) is 5.92 Å². The summed E-state index contributed by atoms with van der Waals surface area (Å²) in [5, 5.41) is 2.97. The predicted molar refractivity (Wildman–Crippen MR) is 153 cm³/mol. The summed E-state index contributed by atoms with van der Waals surface area (Å²) in [5.74, 6) is 0.445. The topological polar surface area (TPSA) is 96.0 Å². The van der Waals surface area contributed by atoms with E-state index >= 15 is 0 Å². The summed E-state index contributed by atoms with van der Waals surface area (Å²) in [6.07, 6.45) is 2.68. The van der Waals surface area contributed by atoms with Crippen LogP contribution in [0.4, 0.5) is 5.69 Å². The third kappa shape index (κ3) is 9.67. The second kappa shape index (κ2) is 15.4. The molecule has 8 nitrogen and oxygen atoms in total. The van der Waals surface area contributed by atoms with Crippen molar-refractivity contribution in [1.82, 2.24) is 10.2 Å². The zero-order valence-corrected chi connectivity index (χ0v) is 24.2.